The van der Waals surface area contributed by atoms with E-state index in [4.69, 9.17) is 14.5 Å². The predicted octanol–water partition coefficient (Wildman–Crippen LogP) is 4.29. The molecule has 3 fully saturated rings. The van der Waals surface area contributed by atoms with Gasteiger partial charge in [-0.2, -0.15) is 0 Å². The summed E-state index contributed by atoms with van der Waals surface area (Å²) in [7, 11) is 0. The van der Waals surface area contributed by atoms with E-state index in [0.29, 0.717) is 48.2 Å². The highest BCUT2D eigenvalue weighted by molar-refractivity contribution is 5.88. The Balaban J connectivity index is 1.19. The molecule has 0 unspecified atom stereocenters. The first-order chi connectivity index (χ1) is 17.7. The maximum atomic E-state index is 14.8. The molecule has 5 heterocycles. The van der Waals surface area contributed by atoms with E-state index in [2.05, 4.69) is 25.2 Å². The van der Waals surface area contributed by atoms with E-state index in [1.165, 1.54) is 18.6 Å². The lowest BCUT2D eigenvalue weighted by Crippen LogP contribution is -2.50. The monoisotopic (exact) mass is 507 g/mol. The van der Waals surface area contributed by atoms with E-state index in [1.54, 1.807) is 0 Å². The smallest absolute Gasteiger partial charge is 0.410 e. The van der Waals surface area contributed by atoms with E-state index in [1.807, 2.05) is 37.8 Å². The maximum absolute atomic E-state index is 14.8. The van der Waals surface area contributed by atoms with Crippen LogP contribution in [0.2, 0.25) is 0 Å². The Morgan fingerprint density at radius 1 is 1.14 bits per heavy atom. The average molecular weight is 508 g/mol. The standard InChI is InChI=1S/C26H30FN7O3/c1-26(2,3)37-25(35)34-12-16-8-17(34)11-33(16)21-7-6-20-22(31-21)24(30-14-29-20)32-23-19(27)9-18(10-28-23)36-13-15-4-5-15/h6-7,9-10,14-17H,4-5,8,11-13H2,1-3H3,(H,28,29,30,32)/t16-,17-/m0/s1. The van der Waals surface area contributed by atoms with Crippen LogP contribution in [0, 0.1) is 11.7 Å². The molecule has 3 aliphatic rings. The van der Waals surface area contributed by atoms with Gasteiger partial charge in [0.05, 0.1) is 30.4 Å². The van der Waals surface area contributed by atoms with Crippen molar-refractivity contribution in [2.75, 3.05) is 29.9 Å². The van der Waals surface area contributed by atoms with Crippen LogP contribution in [0.4, 0.5) is 26.6 Å². The minimum Gasteiger partial charge on any atom is -0.492 e. The van der Waals surface area contributed by atoms with Crippen LogP contribution in [0.3, 0.4) is 0 Å². The Morgan fingerprint density at radius 3 is 2.68 bits per heavy atom. The van der Waals surface area contributed by atoms with Gasteiger partial charge in [-0.3, -0.25) is 0 Å². The number of hydrogen-bond acceptors (Lipinski definition) is 9. The van der Waals surface area contributed by atoms with E-state index >= 15 is 0 Å². The lowest BCUT2D eigenvalue weighted by atomic mass is 10.2. The van der Waals surface area contributed by atoms with Gasteiger partial charge in [0.1, 0.15) is 29.0 Å². The Bertz CT molecular complexity index is 1340. The van der Waals surface area contributed by atoms with Gasteiger partial charge in [-0.25, -0.2) is 29.1 Å². The number of pyridine rings is 2. The molecule has 0 spiro atoms. The zero-order valence-corrected chi connectivity index (χ0v) is 21.1. The molecule has 1 amide bonds. The lowest BCUT2D eigenvalue weighted by Gasteiger charge is -2.35. The summed E-state index contributed by atoms with van der Waals surface area (Å²) in [5, 5.41) is 2.97. The van der Waals surface area contributed by atoms with Gasteiger partial charge in [-0.15, -0.1) is 0 Å². The molecule has 1 aliphatic carbocycles. The molecule has 194 valence electrons. The van der Waals surface area contributed by atoms with Crippen molar-refractivity contribution in [3.8, 4) is 5.75 Å². The molecule has 2 atom stereocenters. The number of halogens is 1. The van der Waals surface area contributed by atoms with Crippen LogP contribution in [-0.4, -0.2) is 68.3 Å². The summed E-state index contributed by atoms with van der Waals surface area (Å²) in [5.41, 5.74) is 0.619. The highest BCUT2D eigenvalue weighted by Crippen LogP contribution is 2.36. The van der Waals surface area contributed by atoms with Crippen molar-refractivity contribution in [3.63, 3.8) is 0 Å². The molecule has 0 aromatic carbocycles. The second kappa shape index (κ2) is 8.97. The van der Waals surface area contributed by atoms with E-state index in [-0.39, 0.29) is 24.0 Å². The van der Waals surface area contributed by atoms with Crippen molar-refractivity contribution in [3.05, 3.63) is 36.5 Å². The molecule has 11 heteroatoms. The summed E-state index contributed by atoms with van der Waals surface area (Å²) in [5.74, 6) is 1.62. The predicted molar refractivity (Wildman–Crippen MR) is 136 cm³/mol. The molecule has 2 aliphatic heterocycles. The second-order valence-electron chi connectivity index (χ2n) is 11.0. The highest BCUT2D eigenvalue weighted by atomic mass is 19.1. The van der Waals surface area contributed by atoms with Crippen LogP contribution < -0.4 is 15.0 Å². The van der Waals surface area contributed by atoms with Crippen LogP contribution in [0.1, 0.15) is 40.0 Å². The summed E-state index contributed by atoms with van der Waals surface area (Å²) in [4.78, 5) is 34.3. The van der Waals surface area contributed by atoms with E-state index in [9.17, 15) is 9.18 Å². The zero-order valence-electron chi connectivity index (χ0n) is 21.1. The first kappa shape index (κ1) is 23.6. The molecule has 37 heavy (non-hydrogen) atoms. The lowest BCUT2D eigenvalue weighted by molar-refractivity contribution is 0.0214. The van der Waals surface area contributed by atoms with Gasteiger partial charge >= 0.3 is 6.09 Å². The van der Waals surface area contributed by atoms with Crippen molar-refractivity contribution in [2.24, 2.45) is 5.92 Å². The molecule has 2 bridgehead atoms. The zero-order chi connectivity index (χ0) is 25.7. The van der Waals surface area contributed by atoms with Crippen LogP contribution in [-0.2, 0) is 4.74 Å². The topological polar surface area (TPSA) is 106 Å². The summed E-state index contributed by atoms with van der Waals surface area (Å²) >= 11 is 0. The number of carbonyl (C=O) groups is 1. The molecule has 3 aromatic heterocycles. The number of nitrogens with zero attached hydrogens (tertiary/aromatic N) is 6. The van der Waals surface area contributed by atoms with Crippen molar-refractivity contribution in [1.29, 1.82) is 0 Å². The number of aromatic nitrogens is 4. The molecular weight excluding hydrogens is 477 g/mol. The van der Waals surface area contributed by atoms with Gasteiger partial charge < -0.3 is 24.6 Å². The maximum Gasteiger partial charge on any atom is 0.410 e. The number of carbonyl (C=O) groups excluding carboxylic acids is 1. The number of piperazine rings is 1. The third-order valence-corrected chi connectivity index (χ3v) is 6.87. The van der Waals surface area contributed by atoms with Crippen LogP contribution in [0.25, 0.3) is 11.0 Å². The van der Waals surface area contributed by atoms with Crippen LogP contribution >= 0.6 is 0 Å². The molecule has 6 rings (SSSR count). The Morgan fingerprint density at radius 2 is 1.97 bits per heavy atom. The second-order valence-corrected chi connectivity index (χ2v) is 11.0. The minimum atomic E-state index is -0.532. The third-order valence-electron chi connectivity index (χ3n) is 6.87. The fourth-order valence-electron chi connectivity index (χ4n) is 4.88. The Hall–Kier alpha value is -3.76. The van der Waals surface area contributed by atoms with Gasteiger partial charge in [-0.1, -0.05) is 0 Å². The highest BCUT2D eigenvalue weighted by Gasteiger charge is 2.47. The van der Waals surface area contributed by atoms with E-state index in [0.717, 1.165) is 25.1 Å². The number of hydrogen-bond donors (Lipinski definition) is 1. The quantitative estimate of drug-likeness (QED) is 0.523. The number of amides is 1. The number of anilines is 3. The summed E-state index contributed by atoms with van der Waals surface area (Å²) in [6, 6.07) is 5.34. The number of ether oxygens (including phenoxy) is 2. The van der Waals surface area contributed by atoms with Gasteiger partial charge in [0.2, 0.25) is 0 Å². The molecule has 3 aromatic rings. The number of fused-ring (bicyclic) bond motifs is 3. The molecular formula is C26H30FN7O3. The number of nitrogens with one attached hydrogen (secondary N) is 1. The fourth-order valence-corrected chi connectivity index (χ4v) is 4.88. The largest absolute Gasteiger partial charge is 0.492 e. The average Bonchev–Trinajstić information content (AvgIpc) is 3.46. The normalized spacial score (nSPS) is 21.0. The first-order valence-corrected chi connectivity index (χ1v) is 12.7. The molecule has 0 radical (unpaired) electrons. The summed E-state index contributed by atoms with van der Waals surface area (Å²) in [6.45, 7) is 7.45. The summed E-state index contributed by atoms with van der Waals surface area (Å²) in [6.07, 6.45) is 5.82. The van der Waals surface area contributed by atoms with Crippen molar-refractivity contribution in [1.82, 2.24) is 24.8 Å². The third kappa shape index (κ3) is 4.94. The minimum absolute atomic E-state index is 0.0409. The van der Waals surface area contributed by atoms with Gasteiger partial charge in [0.15, 0.2) is 17.5 Å². The SMILES string of the molecule is CC(C)(C)OC(=O)N1C[C@@H]2C[C@H]1CN2c1ccc2ncnc(Nc3ncc(OCC4CC4)cc3F)c2n1. The van der Waals surface area contributed by atoms with E-state index < -0.39 is 11.4 Å². The van der Waals surface area contributed by atoms with Gasteiger partial charge in [0, 0.05) is 19.2 Å². The van der Waals surface area contributed by atoms with Crippen molar-refractivity contribution < 1.29 is 18.7 Å². The Labute approximate surface area is 214 Å². The number of likely N-dealkylation sites (tertiary alicyclic amines) is 1. The molecule has 1 saturated carbocycles. The van der Waals surface area contributed by atoms with Crippen LogP contribution in [0.15, 0.2) is 30.7 Å². The first-order valence-electron chi connectivity index (χ1n) is 12.7. The van der Waals surface area contributed by atoms with Gasteiger partial charge in [0.25, 0.3) is 0 Å². The van der Waals surface area contributed by atoms with Gasteiger partial charge in [-0.05, 0) is 58.1 Å². The van der Waals surface area contributed by atoms with Crippen molar-refractivity contribution in [2.45, 2.75) is 57.7 Å². The Kier molecular flexibility index (Phi) is 5.73. The van der Waals surface area contributed by atoms with Crippen molar-refractivity contribution >= 4 is 34.6 Å². The van der Waals surface area contributed by atoms with Crippen LogP contribution in [0.5, 0.6) is 5.75 Å². The fraction of sp³-hybridized carbons (Fsp3) is 0.500. The molecule has 1 N–H and O–H groups in total. The molecule has 2 saturated heterocycles. The molecule has 10 nitrogen and oxygen atoms in total. The number of rotatable bonds is 6. The summed E-state index contributed by atoms with van der Waals surface area (Å²) < 4.78 is 26.0.